The molecular formula is C26H24O2. The molecule has 1 atom stereocenters. The summed E-state index contributed by atoms with van der Waals surface area (Å²) in [4.78, 5) is 0. The van der Waals surface area contributed by atoms with Crippen LogP contribution in [0.1, 0.15) is 23.1 Å². The Morgan fingerprint density at radius 3 is 1.79 bits per heavy atom. The van der Waals surface area contributed by atoms with Crippen LogP contribution >= 0.6 is 0 Å². The van der Waals surface area contributed by atoms with Crippen molar-refractivity contribution in [1.82, 2.24) is 0 Å². The highest BCUT2D eigenvalue weighted by Gasteiger charge is 2.32. The summed E-state index contributed by atoms with van der Waals surface area (Å²) in [5.74, 6) is 1.75. The van der Waals surface area contributed by atoms with E-state index in [0.717, 1.165) is 17.9 Å². The first-order valence-corrected chi connectivity index (χ1v) is 9.49. The van der Waals surface area contributed by atoms with Gasteiger partial charge in [0, 0.05) is 5.41 Å². The molecule has 0 amide bonds. The molecule has 3 aromatic carbocycles. The number of benzene rings is 3. The third kappa shape index (κ3) is 3.34. The van der Waals surface area contributed by atoms with Crippen molar-refractivity contribution in [1.29, 1.82) is 0 Å². The van der Waals surface area contributed by atoms with Crippen LogP contribution in [-0.4, -0.2) is 14.2 Å². The monoisotopic (exact) mass is 368 g/mol. The number of hydrogen-bond donors (Lipinski definition) is 0. The van der Waals surface area contributed by atoms with E-state index in [1.165, 1.54) is 22.3 Å². The van der Waals surface area contributed by atoms with E-state index in [0.29, 0.717) is 0 Å². The zero-order valence-corrected chi connectivity index (χ0v) is 16.3. The molecule has 0 heterocycles. The largest absolute Gasteiger partial charge is 0.497 e. The summed E-state index contributed by atoms with van der Waals surface area (Å²) < 4.78 is 10.6. The van der Waals surface area contributed by atoms with Crippen molar-refractivity contribution < 1.29 is 9.47 Å². The maximum absolute atomic E-state index is 5.35. The first kappa shape index (κ1) is 18.1. The number of hydrogen-bond acceptors (Lipinski definition) is 2. The lowest BCUT2D eigenvalue weighted by Crippen LogP contribution is -2.26. The summed E-state index contributed by atoms with van der Waals surface area (Å²) in [6, 6.07) is 27.3. The minimum Gasteiger partial charge on any atom is -0.497 e. The molecule has 0 saturated heterocycles. The number of methoxy groups -OCH3 is 2. The molecule has 4 rings (SSSR count). The molecule has 0 aromatic heterocycles. The SMILES string of the molecule is COc1ccc(C2=CCC(c3ccccc3)(c3ccc(OC)cc3)C=C2)cc1. The van der Waals surface area contributed by atoms with E-state index in [2.05, 4.69) is 72.8 Å². The van der Waals surface area contributed by atoms with E-state index in [9.17, 15) is 0 Å². The molecule has 3 aromatic rings. The fraction of sp³-hybridized carbons (Fsp3) is 0.154. The van der Waals surface area contributed by atoms with Gasteiger partial charge < -0.3 is 9.47 Å². The fourth-order valence-corrected chi connectivity index (χ4v) is 3.86. The summed E-state index contributed by atoms with van der Waals surface area (Å²) in [6.07, 6.45) is 7.81. The lowest BCUT2D eigenvalue weighted by molar-refractivity contribution is 0.414. The van der Waals surface area contributed by atoms with E-state index in [1.807, 2.05) is 24.3 Å². The van der Waals surface area contributed by atoms with Gasteiger partial charge in [-0.3, -0.25) is 0 Å². The fourth-order valence-electron chi connectivity index (χ4n) is 3.86. The molecular weight excluding hydrogens is 344 g/mol. The maximum atomic E-state index is 5.35. The molecule has 2 heteroatoms. The van der Waals surface area contributed by atoms with Gasteiger partial charge in [-0.05, 0) is 52.9 Å². The van der Waals surface area contributed by atoms with E-state index < -0.39 is 0 Å². The van der Waals surface area contributed by atoms with Gasteiger partial charge in [0.2, 0.25) is 0 Å². The van der Waals surface area contributed by atoms with Gasteiger partial charge >= 0.3 is 0 Å². The van der Waals surface area contributed by atoms with Crippen molar-refractivity contribution in [2.45, 2.75) is 11.8 Å². The highest BCUT2D eigenvalue weighted by Crippen LogP contribution is 2.42. The van der Waals surface area contributed by atoms with Crippen molar-refractivity contribution in [2.75, 3.05) is 14.2 Å². The highest BCUT2D eigenvalue weighted by atomic mass is 16.5. The number of allylic oxidation sites excluding steroid dienone is 4. The second-order valence-corrected chi connectivity index (χ2v) is 6.99. The maximum Gasteiger partial charge on any atom is 0.118 e. The van der Waals surface area contributed by atoms with Crippen molar-refractivity contribution in [3.8, 4) is 11.5 Å². The minimum absolute atomic E-state index is 0.177. The van der Waals surface area contributed by atoms with Gasteiger partial charge in [0.1, 0.15) is 11.5 Å². The molecule has 28 heavy (non-hydrogen) atoms. The average Bonchev–Trinajstić information content (AvgIpc) is 2.80. The predicted molar refractivity (Wildman–Crippen MR) is 115 cm³/mol. The Labute approximate surface area is 166 Å². The third-order valence-corrected chi connectivity index (χ3v) is 5.51. The third-order valence-electron chi connectivity index (χ3n) is 5.51. The van der Waals surface area contributed by atoms with E-state index >= 15 is 0 Å². The first-order chi connectivity index (χ1) is 13.7. The lowest BCUT2D eigenvalue weighted by atomic mass is 9.69. The summed E-state index contributed by atoms with van der Waals surface area (Å²) in [7, 11) is 3.39. The molecule has 0 fully saturated rings. The quantitative estimate of drug-likeness (QED) is 0.547. The zero-order chi connectivity index (χ0) is 19.4. The zero-order valence-electron chi connectivity index (χ0n) is 16.3. The molecule has 0 N–H and O–H groups in total. The molecule has 0 spiro atoms. The summed E-state index contributed by atoms with van der Waals surface area (Å²) in [5, 5.41) is 0. The molecule has 1 aliphatic rings. The van der Waals surface area contributed by atoms with Crippen molar-refractivity contribution in [3.05, 3.63) is 114 Å². The van der Waals surface area contributed by atoms with Crippen molar-refractivity contribution in [3.63, 3.8) is 0 Å². The van der Waals surface area contributed by atoms with Crippen LogP contribution in [-0.2, 0) is 5.41 Å². The van der Waals surface area contributed by atoms with Gasteiger partial charge in [-0.25, -0.2) is 0 Å². The van der Waals surface area contributed by atoms with Gasteiger partial charge in [0.05, 0.1) is 14.2 Å². The van der Waals surface area contributed by atoms with Crippen LogP contribution < -0.4 is 9.47 Å². The second-order valence-electron chi connectivity index (χ2n) is 6.99. The molecule has 0 saturated carbocycles. The summed E-state index contributed by atoms with van der Waals surface area (Å²) >= 11 is 0. The van der Waals surface area contributed by atoms with Gasteiger partial charge in [0.25, 0.3) is 0 Å². The minimum atomic E-state index is -0.177. The van der Waals surface area contributed by atoms with Crippen LogP contribution in [0.3, 0.4) is 0 Å². The Morgan fingerprint density at radius 2 is 1.25 bits per heavy atom. The Morgan fingerprint density at radius 1 is 0.679 bits per heavy atom. The van der Waals surface area contributed by atoms with E-state index in [4.69, 9.17) is 9.47 Å². The van der Waals surface area contributed by atoms with Crippen molar-refractivity contribution >= 4 is 5.57 Å². The van der Waals surface area contributed by atoms with Crippen LogP contribution in [0, 0.1) is 0 Å². The van der Waals surface area contributed by atoms with Gasteiger partial charge in [-0.2, -0.15) is 0 Å². The normalized spacial score (nSPS) is 18.4. The molecule has 1 unspecified atom stereocenters. The standard InChI is InChI=1S/C26H24O2/c1-27-24-12-8-20(9-13-24)21-16-18-26(19-17-21,22-6-4-3-5-7-22)23-10-14-25(28-2)15-11-23/h3-18H,19H2,1-2H3. The van der Waals surface area contributed by atoms with Crippen LogP contribution in [0.2, 0.25) is 0 Å². The molecule has 0 bridgehead atoms. The topological polar surface area (TPSA) is 18.5 Å². The van der Waals surface area contributed by atoms with Crippen LogP contribution in [0.15, 0.2) is 97.1 Å². The molecule has 0 aliphatic heterocycles. The van der Waals surface area contributed by atoms with Gasteiger partial charge in [-0.15, -0.1) is 0 Å². The Kier molecular flexibility index (Phi) is 5.03. The van der Waals surface area contributed by atoms with Crippen molar-refractivity contribution in [2.24, 2.45) is 0 Å². The molecule has 1 aliphatic carbocycles. The highest BCUT2D eigenvalue weighted by molar-refractivity contribution is 5.77. The van der Waals surface area contributed by atoms with E-state index in [1.54, 1.807) is 14.2 Å². The Bertz CT molecular complexity index is 983. The number of rotatable bonds is 5. The molecule has 0 radical (unpaired) electrons. The van der Waals surface area contributed by atoms with Crippen LogP contribution in [0.25, 0.3) is 5.57 Å². The average molecular weight is 368 g/mol. The van der Waals surface area contributed by atoms with Crippen LogP contribution in [0.5, 0.6) is 11.5 Å². The predicted octanol–water partition coefficient (Wildman–Crippen LogP) is 6.03. The molecule has 2 nitrogen and oxygen atoms in total. The Balaban J connectivity index is 1.72. The van der Waals surface area contributed by atoms with Gasteiger partial charge in [-0.1, -0.05) is 72.8 Å². The smallest absolute Gasteiger partial charge is 0.118 e. The molecule has 140 valence electrons. The summed E-state index contributed by atoms with van der Waals surface area (Å²) in [5.41, 5.74) is 4.82. The Hall–Kier alpha value is -3.26. The number of ether oxygens (including phenoxy) is 2. The van der Waals surface area contributed by atoms with Gasteiger partial charge in [0.15, 0.2) is 0 Å². The second kappa shape index (κ2) is 7.77. The lowest BCUT2D eigenvalue weighted by Gasteiger charge is -2.34. The van der Waals surface area contributed by atoms with Crippen LogP contribution in [0.4, 0.5) is 0 Å². The van der Waals surface area contributed by atoms with E-state index in [-0.39, 0.29) is 5.41 Å². The first-order valence-electron chi connectivity index (χ1n) is 9.49. The summed E-state index contributed by atoms with van der Waals surface area (Å²) in [6.45, 7) is 0.